The number of halogens is 3. The molecule has 1 N–H and O–H groups in total. The van der Waals surface area contributed by atoms with Crippen molar-refractivity contribution >= 4 is 23.2 Å². The van der Waals surface area contributed by atoms with Crippen molar-refractivity contribution in [2.75, 3.05) is 4.90 Å². The average Bonchev–Trinajstić information content (AvgIpc) is 2.82. The molecular formula is C24H22F3N3O4. The summed E-state index contributed by atoms with van der Waals surface area (Å²) in [7, 11) is 0. The number of alkyl halides is 3. The summed E-state index contributed by atoms with van der Waals surface area (Å²) in [5.41, 5.74) is -2.00. The van der Waals surface area contributed by atoms with Gasteiger partial charge in [-0.2, -0.15) is 13.2 Å². The van der Waals surface area contributed by atoms with Crippen LogP contribution < -0.4 is 10.2 Å². The minimum absolute atomic E-state index is 0.165. The fourth-order valence-corrected chi connectivity index (χ4v) is 4.09. The first-order valence-corrected chi connectivity index (χ1v) is 10.6. The van der Waals surface area contributed by atoms with Crippen molar-refractivity contribution in [1.29, 1.82) is 0 Å². The van der Waals surface area contributed by atoms with Gasteiger partial charge in [0.15, 0.2) is 0 Å². The van der Waals surface area contributed by atoms with Gasteiger partial charge in [-0.05, 0) is 43.0 Å². The number of anilines is 1. The summed E-state index contributed by atoms with van der Waals surface area (Å²) in [5.74, 6) is -0.0367. The van der Waals surface area contributed by atoms with Crippen molar-refractivity contribution < 1.29 is 27.7 Å². The highest BCUT2D eigenvalue weighted by Crippen LogP contribution is 2.37. The summed E-state index contributed by atoms with van der Waals surface area (Å²) >= 11 is 0. The Balaban J connectivity index is 2.17. The molecule has 2 aromatic rings. The molecule has 0 aliphatic heterocycles. The van der Waals surface area contributed by atoms with E-state index >= 15 is 0 Å². The van der Waals surface area contributed by atoms with Crippen LogP contribution in [0.4, 0.5) is 24.5 Å². The molecule has 1 saturated carbocycles. The summed E-state index contributed by atoms with van der Waals surface area (Å²) in [6.07, 6.45) is 4.70. The zero-order valence-electron chi connectivity index (χ0n) is 18.0. The lowest BCUT2D eigenvalue weighted by Crippen LogP contribution is -2.47. The van der Waals surface area contributed by atoms with Crippen molar-refractivity contribution in [2.24, 2.45) is 0 Å². The highest BCUT2D eigenvalue weighted by atomic mass is 19.4. The monoisotopic (exact) mass is 473 g/mol. The second-order valence-corrected chi connectivity index (χ2v) is 7.93. The molecular weight excluding hydrogens is 451 g/mol. The summed E-state index contributed by atoms with van der Waals surface area (Å²) in [4.78, 5) is 38.0. The molecule has 0 saturated heterocycles. The van der Waals surface area contributed by atoms with Crippen molar-refractivity contribution in [3.8, 4) is 12.3 Å². The smallest absolute Gasteiger partial charge is 0.351 e. The van der Waals surface area contributed by atoms with Gasteiger partial charge in [0.1, 0.15) is 6.04 Å². The zero-order chi connectivity index (χ0) is 24.9. The van der Waals surface area contributed by atoms with E-state index in [4.69, 9.17) is 6.42 Å². The number of carbonyl (C=O) groups excluding carboxylic acids is 2. The number of hydrogen-bond donors (Lipinski definition) is 1. The number of nitrogens with zero attached hydrogens (tertiary/aromatic N) is 2. The van der Waals surface area contributed by atoms with Crippen LogP contribution >= 0.6 is 0 Å². The van der Waals surface area contributed by atoms with Crippen LogP contribution in [-0.4, -0.2) is 22.8 Å². The molecule has 1 aliphatic rings. The fraction of sp³-hybridized carbons (Fsp3) is 0.333. The van der Waals surface area contributed by atoms with Gasteiger partial charge in [-0.25, -0.2) is 0 Å². The Hall–Kier alpha value is -3.87. The van der Waals surface area contributed by atoms with Gasteiger partial charge >= 0.3 is 12.1 Å². The van der Waals surface area contributed by atoms with E-state index in [1.54, 1.807) is 0 Å². The lowest BCUT2D eigenvalue weighted by molar-refractivity contribution is -0.385. The van der Waals surface area contributed by atoms with E-state index in [0.717, 1.165) is 37.5 Å². The second-order valence-electron chi connectivity index (χ2n) is 7.93. The Morgan fingerprint density at radius 3 is 2.41 bits per heavy atom. The topological polar surface area (TPSA) is 92.6 Å². The summed E-state index contributed by atoms with van der Waals surface area (Å²) in [5, 5.41) is 14.5. The largest absolute Gasteiger partial charge is 0.416 e. The number of benzene rings is 2. The molecule has 2 aromatic carbocycles. The van der Waals surface area contributed by atoms with Crippen LogP contribution in [-0.2, 0) is 15.8 Å². The highest BCUT2D eigenvalue weighted by molar-refractivity contribution is 6.10. The highest BCUT2D eigenvalue weighted by Gasteiger charge is 2.38. The number of rotatable bonds is 6. The number of para-hydroxylation sites is 1. The number of nitro benzene ring substituents is 1. The second kappa shape index (κ2) is 10.4. The van der Waals surface area contributed by atoms with E-state index in [2.05, 4.69) is 5.32 Å². The number of nitro groups is 1. The number of amides is 2. The predicted molar refractivity (Wildman–Crippen MR) is 119 cm³/mol. The fourth-order valence-electron chi connectivity index (χ4n) is 4.09. The van der Waals surface area contributed by atoms with E-state index in [-0.39, 0.29) is 17.3 Å². The molecule has 0 heterocycles. The van der Waals surface area contributed by atoms with Crippen molar-refractivity contribution in [2.45, 2.75) is 50.4 Å². The van der Waals surface area contributed by atoms with E-state index in [1.165, 1.54) is 24.3 Å². The molecule has 7 nitrogen and oxygen atoms in total. The van der Waals surface area contributed by atoms with E-state index < -0.39 is 40.2 Å². The number of nitrogens with one attached hydrogen (secondary N) is 1. The predicted octanol–water partition coefficient (Wildman–Crippen LogP) is 4.77. The van der Waals surface area contributed by atoms with Crippen molar-refractivity contribution in [3.63, 3.8) is 0 Å². The standard InChI is InChI=1S/C24H22F3N3O4/c1-2-21(31)29(18-12-8-9-16(15-18)24(25,26)27)22(19-13-6-7-14-20(19)30(33)34)23(32)28-17-10-4-3-5-11-17/h1,6-9,12-15,17,22H,3-5,10-11H2,(H,28,32). The van der Waals surface area contributed by atoms with E-state index in [1.807, 2.05) is 5.92 Å². The Morgan fingerprint density at radius 2 is 1.79 bits per heavy atom. The van der Waals surface area contributed by atoms with Crippen LogP contribution in [0.15, 0.2) is 48.5 Å². The first kappa shape index (κ1) is 24.8. The van der Waals surface area contributed by atoms with Gasteiger partial charge in [0.25, 0.3) is 5.69 Å². The lowest BCUT2D eigenvalue weighted by atomic mass is 9.94. The van der Waals surface area contributed by atoms with Crippen molar-refractivity contribution in [3.05, 3.63) is 69.8 Å². The van der Waals surface area contributed by atoms with Crippen LogP contribution in [0.3, 0.4) is 0 Å². The molecule has 2 amide bonds. The third-order valence-electron chi connectivity index (χ3n) is 5.68. The maximum absolute atomic E-state index is 13.5. The molecule has 34 heavy (non-hydrogen) atoms. The number of terminal acetylenes is 1. The normalized spacial score (nSPS) is 15.1. The average molecular weight is 473 g/mol. The molecule has 0 spiro atoms. The zero-order valence-corrected chi connectivity index (χ0v) is 18.0. The molecule has 1 unspecified atom stereocenters. The maximum Gasteiger partial charge on any atom is 0.416 e. The molecule has 3 rings (SSSR count). The Morgan fingerprint density at radius 1 is 1.12 bits per heavy atom. The van der Waals surface area contributed by atoms with Crippen LogP contribution in [0.5, 0.6) is 0 Å². The molecule has 0 bridgehead atoms. The lowest BCUT2D eigenvalue weighted by Gasteiger charge is -2.32. The third kappa shape index (κ3) is 5.54. The van der Waals surface area contributed by atoms with Gasteiger partial charge < -0.3 is 5.32 Å². The summed E-state index contributed by atoms with van der Waals surface area (Å²) in [6, 6.07) is 7.14. The van der Waals surface area contributed by atoms with Crippen LogP contribution in [0.1, 0.15) is 49.3 Å². The maximum atomic E-state index is 13.5. The van der Waals surface area contributed by atoms with Crippen LogP contribution in [0.2, 0.25) is 0 Å². The molecule has 0 aromatic heterocycles. The number of carbonyl (C=O) groups is 2. The van der Waals surface area contributed by atoms with Crippen LogP contribution in [0.25, 0.3) is 0 Å². The number of hydrogen-bond acceptors (Lipinski definition) is 4. The van der Waals surface area contributed by atoms with E-state index in [0.29, 0.717) is 23.8 Å². The van der Waals surface area contributed by atoms with Gasteiger partial charge in [-0.15, -0.1) is 6.42 Å². The first-order chi connectivity index (χ1) is 16.1. The molecule has 178 valence electrons. The quantitative estimate of drug-likeness (QED) is 0.372. The van der Waals surface area contributed by atoms with Gasteiger partial charge in [0.05, 0.1) is 16.1 Å². The van der Waals surface area contributed by atoms with Gasteiger partial charge in [-0.1, -0.05) is 37.5 Å². The molecule has 0 radical (unpaired) electrons. The molecule has 1 fully saturated rings. The van der Waals surface area contributed by atoms with Gasteiger partial charge in [0, 0.05) is 17.8 Å². The van der Waals surface area contributed by atoms with Gasteiger partial charge in [0.2, 0.25) is 5.91 Å². The van der Waals surface area contributed by atoms with Crippen molar-refractivity contribution in [1.82, 2.24) is 5.32 Å². The Kier molecular flexibility index (Phi) is 7.56. The summed E-state index contributed by atoms with van der Waals surface area (Å²) in [6.45, 7) is 0. The Bertz CT molecular complexity index is 1120. The Labute approximate surface area is 194 Å². The minimum Gasteiger partial charge on any atom is -0.351 e. The molecule has 10 heteroatoms. The van der Waals surface area contributed by atoms with E-state index in [9.17, 15) is 32.9 Å². The SMILES string of the molecule is C#CC(=O)N(c1cccc(C(F)(F)F)c1)C(C(=O)NC1CCCCC1)c1ccccc1[N+](=O)[O-]. The summed E-state index contributed by atoms with van der Waals surface area (Å²) < 4.78 is 40.1. The molecule has 1 atom stereocenters. The first-order valence-electron chi connectivity index (χ1n) is 10.6. The minimum atomic E-state index is -4.72. The van der Waals surface area contributed by atoms with Crippen LogP contribution in [0, 0.1) is 22.5 Å². The third-order valence-corrected chi connectivity index (χ3v) is 5.68. The molecule has 1 aliphatic carbocycles. The van der Waals surface area contributed by atoms with Gasteiger partial charge in [-0.3, -0.25) is 24.6 Å².